The third-order valence-electron chi connectivity index (χ3n) is 5.53. The first kappa shape index (κ1) is 16.9. The molecule has 0 unspecified atom stereocenters. The van der Waals surface area contributed by atoms with Crippen LogP contribution in [0.25, 0.3) is 10.8 Å². The lowest BCUT2D eigenvalue weighted by Gasteiger charge is -2.24. The standard InChI is InChI=1S/C24H24O3/c1-24(2)26-22-20(15-16-12-13-17-8-6-7-11-19(17)14-16)25-21(23(22)27-24)18-9-4-3-5-10-18/h3-14,20-23H,15H2,1-2H3/t20-,21-,22-,23+/m1/s1. The van der Waals surface area contributed by atoms with E-state index in [1.54, 1.807) is 0 Å². The summed E-state index contributed by atoms with van der Waals surface area (Å²) < 4.78 is 19.0. The van der Waals surface area contributed by atoms with Crippen LogP contribution in [0.2, 0.25) is 0 Å². The maximum Gasteiger partial charge on any atom is 0.164 e. The van der Waals surface area contributed by atoms with E-state index in [1.807, 2.05) is 32.0 Å². The van der Waals surface area contributed by atoms with Crippen LogP contribution in [0.15, 0.2) is 72.8 Å². The van der Waals surface area contributed by atoms with Crippen LogP contribution in [-0.2, 0) is 20.6 Å². The van der Waals surface area contributed by atoms with Crippen molar-refractivity contribution in [2.24, 2.45) is 0 Å². The molecule has 27 heavy (non-hydrogen) atoms. The second-order valence-electron chi connectivity index (χ2n) is 7.96. The summed E-state index contributed by atoms with van der Waals surface area (Å²) in [4.78, 5) is 0. The van der Waals surface area contributed by atoms with Gasteiger partial charge >= 0.3 is 0 Å². The first-order valence-corrected chi connectivity index (χ1v) is 9.63. The molecule has 0 N–H and O–H groups in total. The normalized spacial score (nSPS) is 29.1. The highest BCUT2D eigenvalue weighted by Crippen LogP contribution is 2.45. The zero-order valence-corrected chi connectivity index (χ0v) is 15.7. The minimum atomic E-state index is -0.576. The highest BCUT2D eigenvalue weighted by Gasteiger charge is 2.55. The Labute approximate surface area is 159 Å². The van der Waals surface area contributed by atoms with Gasteiger partial charge in [0.25, 0.3) is 0 Å². The largest absolute Gasteiger partial charge is 0.364 e. The molecule has 2 saturated heterocycles. The van der Waals surface area contributed by atoms with Crippen molar-refractivity contribution in [3.8, 4) is 0 Å². The van der Waals surface area contributed by atoms with Gasteiger partial charge in [-0.1, -0.05) is 72.8 Å². The Hall–Kier alpha value is -2.20. The zero-order valence-electron chi connectivity index (χ0n) is 15.7. The minimum absolute atomic E-state index is 0.0249. The molecule has 4 atom stereocenters. The summed E-state index contributed by atoms with van der Waals surface area (Å²) in [6, 6.07) is 25.4. The molecule has 2 aliphatic heterocycles. The maximum atomic E-state index is 6.47. The van der Waals surface area contributed by atoms with Crippen molar-refractivity contribution >= 4 is 10.8 Å². The summed E-state index contributed by atoms with van der Waals surface area (Å²) >= 11 is 0. The molecule has 0 aliphatic carbocycles. The second kappa shape index (κ2) is 6.45. The number of hydrogen-bond donors (Lipinski definition) is 0. The molecule has 2 fully saturated rings. The number of ether oxygens (including phenoxy) is 3. The molecule has 0 saturated carbocycles. The summed E-state index contributed by atoms with van der Waals surface area (Å²) in [5.41, 5.74) is 2.41. The van der Waals surface area contributed by atoms with E-state index >= 15 is 0 Å². The maximum absolute atomic E-state index is 6.47. The fourth-order valence-corrected chi connectivity index (χ4v) is 4.36. The van der Waals surface area contributed by atoms with Crippen LogP contribution in [0.5, 0.6) is 0 Å². The molecule has 0 bridgehead atoms. The summed E-state index contributed by atoms with van der Waals surface area (Å²) in [6.45, 7) is 3.97. The zero-order chi connectivity index (χ0) is 18.4. The van der Waals surface area contributed by atoms with Gasteiger partial charge in [0, 0.05) is 6.42 Å². The third-order valence-corrected chi connectivity index (χ3v) is 5.53. The van der Waals surface area contributed by atoms with Crippen molar-refractivity contribution in [1.29, 1.82) is 0 Å². The summed E-state index contributed by atoms with van der Waals surface area (Å²) in [6.07, 6.45) is 0.561. The molecule has 2 heterocycles. The van der Waals surface area contributed by atoms with Crippen molar-refractivity contribution in [2.75, 3.05) is 0 Å². The van der Waals surface area contributed by atoms with Crippen LogP contribution < -0.4 is 0 Å². The molecule has 0 spiro atoms. The predicted octanol–water partition coefficient (Wildman–Crippen LogP) is 5.04. The van der Waals surface area contributed by atoms with Gasteiger partial charge in [0.2, 0.25) is 0 Å². The summed E-state index contributed by atoms with van der Waals surface area (Å²) in [7, 11) is 0. The van der Waals surface area contributed by atoms with Gasteiger partial charge in [0.1, 0.15) is 18.3 Å². The van der Waals surface area contributed by atoms with E-state index in [2.05, 4.69) is 54.6 Å². The van der Waals surface area contributed by atoms with Crippen molar-refractivity contribution in [1.82, 2.24) is 0 Å². The van der Waals surface area contributed by atoms with Crippen LogP contribution in [0.1, 0.15) is 31.1 Å². The number of hydrogen-bond acceptors (Lipinski definition) is 3. The van der Waals surface area contributed by atoms with E-state index in [0.717, 1.165) is 12.0 Å². The SMILES string of the molecule is CC1(C)O[C@@H]2[C@H](O1)[C@@H](Cc1ccc3ccccc3c1)O[C@@H]2c1ccccc1. The van der Waals surface area contributed by atoms with Crippen LogP contribution in [0.4, 0.5) is 0 Å². The number of benzene rings is 3. The van der Waals surface area contributed by atoms with Crippen LogP contribution in [-0.4, -0.2) is 24.1 Å². The molecular weight excluding hydrogens is 336 g/mol. The van der Waals surface area contributed by atoms with Crippen LogP contribution in [0.3, 0.4) is 0 Å². The quantitative estimate of drug-likeness (QED) is 0.655. The van der Waals surface area contributed by atoms with Gasteiger partial charge in [-0.05, 0) is 35.7 Å². The van der Waals surface area contributed by atoms with Gasteiger partial charge in [-0.15, -0.1) is 0 Å². The highest BCUT2D eigenvalue weighted by molar-refractivity contribution is 5.83. The highest BCUT2D eigenvalue weighted by atomic mass is 16.8. The second-order valence-corrected chi connectivity index (χ2v) is 7.96. The van der Waals surface area contributed by atoms with E-state index in [-0.39, 0.29) is 24.4 Å². The predicted molar refractivity (Wildman–Crippen MR) is 106 cm³/mol. The van der Waals surface area contributed by atoms with Crippen molar-refractivity contribution < 1.29 is 14.2 Å². The van der Waals surface area contributed by atoms with Crippen molar-refractivity contribution in [3.05, 3.63) is 83.9 Å². The number of rotatable bonds is 3. The monoisotopic (exact) mass is 360 g/mol. The Morgan fingerprint density at radius 2 is 1.48 bits per heavy atom. The lowest BCUT2D eigenvalue weighted by molar-refractivity contribution is -0.187. The molecule has 0 amide bonds. The smallest absolute Gasteiger partial charge is 0.164 e. The van der Waals surface area contributed by atoms with Gasteiger partial charge in [-0.2, -0.15) is 0 Å². The van der Waals surface area contributed by atoms with E-state index < -0.39 is 5.79 Å². The van der Waals surface area contributed by atoms with Gasteiger partial charge in [-0.25, -0.2) is 0 Å². The molecule has 2 aliphatic rings. The third kappa shape index (κ3) is 3.16. The summed E-state index contributed by atoms with van der Waals surface area (Å²) in [5.74, 6) is -0.576. The summed E-state index contributed by atoms with van der Waals surface area (Å²) in [5, 5.41) is 2.52. The Morgan fingerprint density at radius 3 is 2.30 bits per heavy atom. The topological polar surface area (TPSA) is 27.7 Å². The molecule has 5 rings (SSSR count). The average Bonchev–Trinajstić information content (AvgIpc) is 3.16. The fourth-order valence-electron chi connectivity index (χ4n) is 4.36. The van der Waals surface area contributed by atoms with Gasteiger partial charge in [0.15, 0.2) is 5.79 Å². The first-order chi connectivity index (χ1) is 13.1. The van der Waals surface area contributed by atoms with E-state index in [1.165, 1.54) is 16.3 Å². The molecule has 138 valence electrons. The molecular formula is C24H24O3. The van der Waals surface area contributed by atoms with Crippen molar-refractivity contribution in [3.63, 3.8) is 0 Å². The Balaban J connectivity index is 1.44. The molecule has 0 aromatic heterocycles. The van der Waals surface area contributed by atoms with Crippen molar-refractivity contribution in [2.45, 2.75) is 50.5 Å². The van der Waals surface area contributed by atoms with E-state index in [9.17, 15) is 0 Å². The van der Waals surface area contributed by atoms with Gasteiger partial charge in [-0.3, -0.25) is 0 Å². The van der Waals surface area contributed by atoms with Gasteiger partial charge < -0.3 is 14.2 Å². The molecule has 3 aromatic carbocycles. The van der Waals surface area contributed by atoms with Crippen LogP contribution >= 0.6 is 0 Å². The van der Waals surface area contributed by atoms with Gasteiger partial charge in [0.05, 0.1) is 6.10 Å². The lowest BCUT2D eigenvalue weighted by Crippen LogP contribution is -2.31. The Kier molecular flexibility index (Phi) is 4.05. The Bertz CT molecular complexity index is 950. The average molecular weight is 360 g/mol. The minimum Gasteiger partial charge on any atom is -0.364 e. The number of fused-ring (bicyclic) bond motifs is 2. The molecule has 3 nitrogen and oxygen atoms in total. The van der Waals surface area contributed by atoms with Crippen LogP contribution in [0, 0.1) is 0 Å². The first-order valence-electron chi connectivity index (χ1n) is 9.63. The molecule has 3 heteroatoms. The van der Waals surface area contributed by atoms with E-state index in [0.29, 0.717) is 0 Å². The molecule has 3 aromatic rings. The van der Waals surface area contributed by atoms with E-state index in [4.69, 9.17) is 14.2 Å². The Morgan fingerprint density at radius 1 is 0.778 bits per heavy atom. The molecule has 0 radical (unpaired) electrons. The fraction of sp³-hybridized carbons (Fsp3) is 0.333. The lowest BCUT2D eigenvalue weighted by atomic mass is 9.97.